The molecule has 1 unspecified atom stereocenters. The van der Waals surface area contributed by atoms with Gasteiger partial charge in [-0.25, -0.2) is 0 Å². The van der Waals surface area contributed by atoms with Crippen LogP contribution in [0.3, 0.4) is 0 Å². The van der Waals surface area contributed by atoms with Gasteiger partial charge in [0.05, 0.1) is 12.8 Å². The highest BCUT2D eigenvalue weighted by Crippen LogP contribution is 2.30. The lowest BCUT2D eigenvalue weighted by Gasteiger charge is -2.31. The van der Waals surface area contributed by atoms with Crippen LogP contribution in [0.1, 0.15) is 16.1 Å². The third kappa shape index (κ3) is 2.47. The largest absolute Gasteiger partial charge is 0.468 e. The van der Waals surface area contributed by atoms with Crippen molar-refractivity contribution in [2.45, 2.75) is 6.54 Å². The van der Waals surface area contributed by atoms with E-state index in [4.69, 9.17) is 4.74 Å². The normalized spacial score (nSPS) is 17.3. The Morgan fingerprint density at radius 3 is 2.77 bits per heavy atom. The van der Waals surface area contributed by atoms with E-state index in [1.807, 2.05) is 41.4 Å². The van der Waals surface area contributed by atoms with Gasteiger partial charge in [0.25, 0.3) is 0 Å². The molecule has 0 saturated heterocycles. The zero-order chi connectivity index (χ0) is 15.7. The van der Waals surface area contributed by atoms with E-state index >= 15 is 0 Å². The van der Waals surface area contributed by atoms with Crippen LogP contribution in [-0.2, 0) is 23.1 Å². The molecule has 0 saturated carbocycles. The number of aryl methyl sites for hydroxylation is 1. The van der Waals surface area contributed by atoms with Gasteiger partial charge in [0.1, 0.15) is 5.92 Å². The van der Waals surface area contributed by atoms with E-state index in [0.717, 1.165) is 11.3 Å². The van der Waals surface area contributed by atoms with Crippen LogP contribution < -0.4 is 4.90 Å². The van der Waals surface area contributed by atoms with Gasteiger partial charge in [-0.1, -0.05) is 30.3 Å². The van der Waals surface area contributed by atoms with Gasteiger partial charge in [0, 0.05) is 26.3 Å². The molecule has 3 rings (SSSR count). The molecule has 1 atom stereocenters. The number of fused-ring (bicyclic) bond motifs is 1. The van der Waals surface area contributed by atoms with E-state index in [9.17, 15) is 9.59 Å². The summed E-state index contributed by atoms with van der Waals surface area (Å²) in [4.78, 5) is 26.3. The Bertz CT molecular complexity index is 709. The van der Waals surface area contributed by atoms with Gasteiger partial charge < -0.3 is 9.64 Å². The number of carbonyl (C=O) groups is 2. The number of anilines is 1. The summed E-state index contributed by atoms with van der Waals surface area (Å²) in [6.45, 7) is 0.916. The second-order valence-corrected chi connectivity index (χ2v) is 5.34. The van der Waals surface area contributed by atoms with Gasteiger partial charge in [0.2, 0.25) is 5.78 Å². The number of nitrogens with zero attached hydrogens (tertiary/aromatic N) is 3. The SMILES string of the molecule is COC(=O)C1CN(Cc2ccccc2)c2cn(C)nc2C1=O. The number of hydrogen-bond donors (Lipinski definition) is 0. The molecule has 2 heterocycles. The van der Waals surface area contributed by atoms with Crippen molar-refractivity contribution >= 4 is 17.4 Å². The Balaban J connectivity index is 1.96. The molecule has 2 aromatic rings. The van der Waals surface area contributed by atoms with Gasteiger partial charge in [-0.2, -0.15) is 5.10 Å². The van der Waals surface area contributed by atoms with Crippen molar-refractivity contribution in [2.75, 3.05) is 18.6 Å². The number of carbonyl (C=O) groups excluding carboxylic acids is 2. The number of methoxy groups -OCH3 is 1. The lowest BCUT2D eigenvalue weighted by Crippen LogP contribution is -2.42. The first-order chi connectivity index (χ1) is 10.6. The van der Waals surface area contributed by atoms with Crippen molar-refractivity contribution in [3.8, 4) is 0 Å². The molecule has 1 aromatic carbocycles. The zero-order valence-electron chi connectivity index (χ0n) is 12.5. The van der Waals surface area contributed by atoms with Crippen molar-refractivity contribution in [3.05, 3.63) is 47.8 Å². The van der Waals surface area contributed by atoms with Crippen molar-refractivity contribution in [2.24, 2.45) is 13.0 Å². The summed E-state index contributed by atoms with van der Waals surface area (Å²) in [5.41, 5.74) is 2.20. The van der Waals surface area contributed by atoms with Crippen molar-refractivity contribution in [3.63, 3.8) is 0 Å². The number of hydrogen-bond acceptors (Lipinski definition) is 5. The lowest BCUT2D eigenvalue weighted by atomic mass is 9.95. The first-order valence-corrected chi connectivity index (χ1v) is 7.04. The van der Waals surface area contributed by atoms with Gasteiger partial charge in [-0.05, 0) is 5.56 Å². The summed E-state index contributed by atoms with van der Waals surface area (Å²) in [5.74, 6) is -1.61. The summed E-state index contributed by atoms with van der Waals surface area (Å²) >= 11 is 0. The van der Waals surface area contributed by atoms with E-state index in [0.29, 0.717) is 18.8 Å². The Hall–Kier alpha value is -2.63. The van der Waals surface area contributed by atoms with Gasteiger partial charge in [0.15, 0.2) is 5.69 Å². The quantitative estimate of drug-likeness (QED) is 0.633. The van der Waals surface area contributed by atoms with Gasteiger partial charge >= 0.3 is 5.97 Å². The summed E-state index contributed by atoms with van der Waals surface area (Å²) in [7, 11) is 3.06. The summed E-state index contributed by atoms with van der Waals surface area (Å²) in [6.07, 6.45) is 1.81. The number of esters is 1. The molecule has 22 heavy (non-hydrogen) atoms. The van der Waals surface area contributed by atoms with Crippen LogP contribution in [0.15, 0.2) is 36.5 Å². The average Bonchev–Trinajstić information content (AvgIpc) is 2.93. The third-order valence-corrected chi connectivity index (χ3v) is 3.80. The first-order valence-electron chi connectivity index (χ1n) is 7.04. The summed E-state index contributed by atoms with van der Waals surface area (Å²) in [5, 5.41) is 4.21. The molecular formula is C16H17N3O3. The molecule has 114 valence electrons. The number of aromatic nitrogens is 2. The topological polar surface area (TPSA) is 64.4 Å². The van der Waals surface area contributed by atoms with Crippen LogP contribution in [0, 0.1) is 5.92 Å². The van der Waals surface area contributed by atoms with Crippen molar-refractivity contribution < 1.29 is 14.3 Å². The second-order valence-electron chi connectivity index (χ2n) is 5.34. The van der Waals surface area contributed by atoms with E-state index < -0.39 is 11.9 Å². The van der Waals surface area contributed by atoms with Gasteiger partial charge in [-0.15, -0.1) is 0 Å². The molecule has 0 fully saturated rings. The van der Waals surface area contributed by atoms with Crippen LogP contribution in [0.2, 0.25) is 0 Å². The first kappa shape index (κ1) is 14.3. The molecule has 0 N–H and O–H groups in total. The number of ketones is 1. The predicted octanol–water partition coefficient (Wildman–Crippen LogP) is 1.41. The van der Waals surface area contributed by atoms with Gasteiger partial charge in [-0.3, -0.25) is 14.3 Å². The fourth-order valence-electron chi connectivity index (χ4n) is 2.73. The highest BCUT2D eigenvalue weighted by molar-refractivity contribution is 6.12. The molecule has 0 aliphatic carbocycles. The predicted molar refractivity (Wildman–Crippen MR) is 80.5 cm³/mol. The maximum Gasteiger partial charge on any atom is 0.318 e. The maximum absolute atomic E-state index is 12.4. The van der Waals surface area contributed by atoms with Crippen molar-refractivity contribution in [1.82, 2.24) is 9.78 Å². The Morgan fingerprint density at radius 2 is 2.09 bits per heavy atom. The van der Waals surface area contributed by atoms with E-state index in [2.05, 4.69) is 5.10 Å². The minimum absolute atomic E-state index is 0.272. The molecule has 6 heteroatoms. The monoisotopic (exact) mass is 299 g/mol. The second kappa shape index (κ2) is 5.63. The fraction of sp³-hybridized carbons (Fsp3) is 0.312. The molecule has 0 amide bonds. The summed E-state index contributed by atoms with van der Waals surface area (Å²) in [6, 6.07) is 9.91. The van der Waals surface area contributed by atoms with Crippen LogP contribution >= 0.6 is 0 Å². The third-order valence-electron chi connectivity index (χ3n) is 3.80. The molecule has 1 aromatic heterocycles. The minimum atomic E-state index is -0.823. The van der Waals surface area contributed by atoms with E-state index in [-0.39, 0.29) is 5.78 Å². The van der Waals surface area contributed by atoms with Crippen LogP contribution in [-0.4, -0.2) is 35.2 Å². The highest BCUT2D eigenvalue weighted by Gasteiger charge is 2.39. The Morgan fingerprint density at radius 1 is 1.36 bits per heavy atom. The number of rotatable bonds is 3. The lowest BCUT2D eigenvalue weighted by molar-refractivity contribution is -0.143. The Labute approximate surface area is 128 Å². The molecule has 0 bridgehead atoms. The van der Waals surface area contributed by atoms with E-state index in [1.165, 1.54) is 7.11 Å². The number of Topliss-reactive ketones (excluding diaryl/α,β-unsaturated/α-hetero) is 1. The van der Waals surface area contributed by atoms with Crippen LogP contribution in [0.5, 0.6) is 0 Å². The highest BCUT2D eigenvalue weighted by atomic mass is 16.5. The molecule has 0 radical (unpaired) electrons. The number of benzene rings is 1. The molecule has 6 nitrogen and oxygen atoms in total. The zero-order valence-corrected chi connectivity index (χ0v) is 12.5. The van der Waals surface area contributed by atoms with Crippen molar-refractivity contribution in [1.29, 1.82) is 0 Å². The Kier molecular flexibility index (Phi) is 3.66. The minimum Gasteiger partial charge on any atom is -0.468 e. The van der Waals surface area contributed by atoms with Crippen LogP contribution in [0.4, 0.5) is 5.69 Å². The molecule has 0 spiro atoms. The summed E-state index contributed by atoms with van der Waals surface area (Å²) < 4.78 is 6.36. The molecule has 1 aliphatic rings. The molecule has 1 aliphatic heterocycles. The fourth-order valence-corrected chi connectivity index (χ4v) is 2.73. The average molecular weight is 299 g/mol. The van der Waals surface area contributed by atoms with E-state index in [1.54, 1.807) is 11.7 Å². The number of ether oxygens (including phenoxy) is 1. The maximum atomic E-state index is 12.4. The smallest absolute Gasteiger partial charge is 0.318 e. The molecular weight excluding hydrogens is 282 g/mol. The van der Waals surface area contributed by atoms with Crippen LogP contribution in [0.25, 0.3) is 0 Å². The standard InChI is InChI=1S/C16H17N3O3/c1-18-10-13-14(17-18)15(20)12(16(21)22-2)9-19(13)8-11-6-4-3-5-7-11/h3-7,10,12H,8-9H2,1-2H3.